The molecule has 0 atom stereocenters. The van der Waals surface area contributed by atoms with Gasteiger partial charge in [0.15, 0.2) is 0 Å². The summed E-state index contributed by atoms with van der Waals surface area (Å²) in [7, 11) is 0. The van der Waals surface area contributed by atoms with Gasteiger partial charge in [0.05, 0.1) is 5.00 Å². The molecule has 0 unspecified atom stereocenters. The highest BCUT2D eigenvalue weighted by Gasteiger charge is 2.22. The quantitative estimate of drug-likeness (QED) is 0.816. The van der Waals surface area contributed by atoms with Gasteiger partial charge < -0.3 is 5.73 Å². The fourth-order valence-electron chi connectivity index (χ4n) is 2.04. The Kier molecular flexibility index (Phi) is 8.29. The highest BCUT2D eigenvalue weighted by molar-refractivity contribution is 7.16. The number of nitrogens with two attached hydrogens (primary N) is 1. The predicted molar refractivity (Wildman–Crippen MR) is 85.4 cm³/mol. The van der Waals surface area contributed by atoms with Crippen LogP contribution in [0.4, 0.5) is 5.00 Å². The van der Waals surface area contributed by atoms with Gasteiger partial charge >= 0.3 is 0 Å². The van der Waals surface area contributed by atoms with Gasteiger partial charge in [-0.05, 0) is 38.3 Å². The van der Waals surface area contributed by atoms with Crippen LogP contribution in [0.3, 0.4) is 0 Å². The van der Waals surface area contributed by atoms with E-state index in [4.69, 9.17) is 5.73 Å². The summed E-state index contributed by atoms with van der Waals surface area (Å²) in [6.45, 7) is 16.9. The molecule has 0 radical (unpaired) electrons. The summed E-state index contributed by atoms with van der Waals surface area (Å²) < 4.78 is 0. The van der Waals surface area contributed by atoms with E-state index in [0.717, 1.165) is 11.5 Å². The van der Waals surface area contributed by atoms with E-state index < -0.39 is 0 Å². The number of anilines is 1. The number of fused-ring (bicyclic) bond motifs is 1. The maximum Gasteiger partial charge on any atom is 0.0892 e. The topological polar surface area (TPSA) is 29.3 Å². The lowest BCUT2D eigenvalue weighted by Gasteiger charge is -2.30. The van der Waals surface area contributed by atoms with Crippen LogP contribution in [-0.2, 0) is 13.0 Å². The number of hydrogen-bond acceptors (Lipinski definition) is 3. The minimum absolute atomic E-state index is 0.645. The Morgan fingerprint density at radius 1 is 1.17 bits per heavy atom. The second-order valence-electron chi connectivity index (χ2n) is 4.31. The normalized spacial score (nSPS) is 14.2. The summed E-state index contributed by atoms with van der Waals surface area (Å²) in [4.78, 5) is 4.00. The first kappa shape index (κ1) is 17.5. The van der Waals surface area contributed by atoms with Crippen LogP contribution in [0.15, 0.2) is 0 Å². The zero-order chi connectivity index (χ0) is 14.3. The monoisotopic (exact) mass is 270 g/mol. The second-order valence-corrected chi connectivity index (χ2v) is 5.44. The highest BCUT2D eigenvalue weighted by Crippen LogP contribution is 2.34. The van der Waals surface area contributed by atoms with Crippen LogP contribution >= 0.6 is 11.3 Å². The third-order valence-electron chi connectivity index (χ3n) is 3.12. The minimum Gasteiger partial charge on any atom is -0.390 e. The molecule has 2 rings (SSSR count). The Labute approximate surface area is 117 Å². The summed E-state index contributed by atoms with van der Waals surface area (Å²) >= 11 is 1.77. The number of rotatable bonds is 1. The number of thiophene rings is 1. The SMILES string of the molecule is CC.CC.Cc1c(N)sc2c1CCN(C(C)C)C2. The molecule has 1 aliphatic heterocycles. The van der Waals surface area contributed by atoms with Gasteiger partial charge in [-0.25, -0.2) is 0 Å². The molecule has 2 heterocycles. The maximum absolute atomic E-state index is 5.94. The van der Waals surface area contributed by atoms with E-state index in [1.54, 1.807) is 11.3 Å². The van der Waals surface area contributed by atoms with Crippen LogP contribution in [0.1, 0.15) is 57.5 Å². The third-order valence-corrected chi connectivity index (χ3v) is 4.27. The molecule has 0 fully saturated rings. The van der Waals surface area contributed by atoms with Gasteiger partial charge in [-0.2, -0.15) is 0 Å². The van der Waals surface area contributed by atoms with E-state index in [2.05, 4.69) is 25.7 Å². The van der Waals surface area contributed by atoms with Crippen molar-refractivity contribution in [3.63, 3.8) is 0 Å². The molecule has 0 saturated heterocycles. The highest BCUT2D eigenvalue weighted by atomic mass is 32.1. The van der Waals surface area contributed by atoms with Gasteiger partial charge in [0.1, 0.15) is 0 Å². The molecule has 2 nitrogen and oxygen atoms in total. The molecule has 106 valence electrons. The van der Waals surface area contributed by atoms with Crippen molar-refractivity contribution < 1.29 is 0 Å². The Hall–Kier alpha value is -0.540. The van der Waals surface area contributed by atoms with Gasteiger partial charge in [-0.15, -0.1) is 11.3 Å². The Bertz CT molecular complexity index is 343. The van der Waals surface area contributed by atoms with Crippen LogP contribution in [-0.4, -0.2) is 17.5 Å². The molecule has 3 heteroatoms. The Morgan fingerprint density at radius 3 is 2.22 bits per heavy atom. The zero-order valence-electron chi connectivity index (χ0n) is 13.1. The molecule has 0 aromatic carbocycles. The fourth-order valence-corrected chi connectivity index (χ4v) is 3.19. The van der Waals surface area contributed by atoms with E-state index in [0.29, 0.717) is 6.04 Å². The summed E-state index contributed by atoms with van der Waals surface area (Å²) in [5.41, 5.74) is 8.79. The van der Waals surface area contributed by atoms with E-state index in [1.807, 2.05) is 27.7 Å². The lowest BCUT2D eigenvalue weighted by molar-refractivity contribution is 0.206. The van der Waals surface area contributed by atoms with Crippen molar-refractivity contribution in [1.82, 2.24) is 4.90 Å². The number of hydrogen-bond donors (Lipinski definition) is 1. The zero-order valence-corrected chi connectivity index (χ0v) is 13.9. The smallest absolute Gasteiger partial charge is 0.0892 e. The van der Waals surface area contributed by atoms with E-state index in [9.17, 15) is 0 Å². The molecule has 1 aliphatic rings. The fraction of sp³-hybridized carbons (Fsp3) is 0.733. The first-order valence-electron chi connectivity index (χ1n) is 7.20. The molecule has 18 heavy (non-hydrogen) atoms. The predicted octanol–water partition coefficient (Wildman–Crippen LogP) is 4.46. The standard InChI is InChI=1S/C11H18N2S.2C2H6/c1-7(2)13-5-4-9-8(3)11(12)14-10(9)6-13;2*1-2/h7H,4-6,12H2,1-3H3;2*1-2H3. The summed E-state index contributed by atoms with van der Waals surface area (Å²) in [6, 6.07) is 0.645. The van der Waals surface area contributed by atoms with E-state index in [-0.39, 0.29) is 0 Å². The third kappa shape index (κ3) is 3.99. The molecule has 0 amide bonds. The van der Waals surface area contributed by atoms with Crippen molar-refractivity contribution >= 4 is 16.3 Å². The van der Waals surface area contributed by atoms with Crippen LogP contribution in [0.5, 0.6) is 0 Å². The molecule has 0 bridgehead atoms. The average molecular weight is 270 g/mol. The van der Waals surface area contributed by atoms with Gasteiger partial charge in [0.25, 0.3) is 0 Å². The van der Waals surface area contributed by atoms with E-state index >= 15 is 0 Å². The van der Waals surface area contributed by atoms with Gasteiger partial charge in [-0.1, -0.05) is 27.7 Å². The summed E-state index contributed by atoms with van der Waals surface area (Å²) in [5.74, 6) is 0. The summed E-state index contributed by atoms with van der Waals surface area (Å²) in [6.07, 6.45) is 1.17. The molecule has 0 saturated carbocycles. The molecular formula is C15H30N2S. The van der Waals surface area contributed by atoms with Crippen LogP contribution in [0, 0.1) is 6.92 Å². The minimum atomic E-state index is 0.645. The Balaban J connectivity index is 0.000000659. The first-order chi connectivity index (χ1) is 8.59. The van der Waals surface area contributed by atoms with Crippen molar-refractivity contribution in [3.8, 4) is 0 Å². The largest absolute Gasteiger partial charge is 0.390 e. The van der Waals surface area contributed by atoms with Crippen molar-refractivity contribution in [2.75, 3.05) is 12.3 Å². The molecule has 0 spiro atoms. The van der Waals surface area contributed by atoms with Gasteiger partial charge in [0.2, 0.25) is 0 Å². The molecular weight excluding hydrogens is 240 g/mol. The number of nitrogens with zero attached hydrogens (tertiary/aromatic N) is 1. The lowest BCUT2D eigenvalue weighted by Crippen LogP contribution is -2.35. The maximum atomic E-state index is 5.94. The van der Waals surface area contributed by atoms with Gasteiger partial charge in [-0.3, -0.25) is 4.90 Å². The average Bonchev–Trinajstić information content (AvgIpc) is 2.69. The van der Waals surface area contributed by atoms with Crippen LogP contribution in [0.25, 0.3) is 0 Å². The van der Waals surface area contributed by atoms with Crippen molar-refractivity contribution in [2.45, 2.75) is 67.5 Å². The molecule has 1 aromatic rings. The van der Waals surface area contributed by atoms with Crippen molar-refractivity contribution in [1.29, 1.82) is 0 Å². The molecule has 2 N–H and O–H groups in total. The molecule has 0 aliphatic carbocycles. The molecule has 1 aromatic heterocycles. The Morgan fingerprint density at radius 2 is 1.72 bits per heavy atom. The second kappa shape index (κ2) is 8.54. The van der Waals surface area contributed by atoms with Crippen LogP contribution in [0.2, 0.25) is 0 Å². The lowest BCUT2D eigenvalue weighted by atomic mass is 10.0. The summed E-state index contributed by atoms with van der Waals surface area (Å²) in [5, 5.41) is 1.01. The van der Waals surface area contributed by atoms with Crippen molar-refractivity contribution in [3.05, 3.63) is 16.0 Å². The first-order valence-corrected chi connectivity index (χ1v) is 8.02. The van der Waals surface area contributed by atoms with Gasteiger partial charge in [0, 0.05) is 24.0 Å². The van der Waals surface area contributed by atoms with Crippen molar-refractivity contribution in [2.24, 2.45) is 0 Å². The van der Waals surface area contributed by atoms with Crippen LogP contribution < -0.4 is 5.73 Å². The van der Waals surface area contributed by atoms with E-state index in [1.165, 1.54) is 29.0 Å². The number of nitrogen functional groups attached to an aromatic ring is 1.